The molecule has 29 heavy (non-hydrogen) atoms. The lowest BCUT2D eigenvalue weighted by Crippen LogP contribution is -2.24. The van der Waals surface area contributed by atoms with Gasteiger partial charge in [-0.3, -0.25) is 9.59 Å². The molecule has 0 radical (unpaired) electrons. The van der Waals surface area contributed by atoms with E-state index in [-0.39, 0.29) is 17.3 Å². The van der Waals surface area contributed by atoms with Crippen LogP contribution in [0, 0.1) is 0 Å². The third kappa shape index (κ3) is 3.34. The van der Waals surface area contributed by atoms with Gasteiger partial charge >= 0.3 is 0 Å². The van der Waals surface area contributed by atoms with Crippen LogP contribution in [0.1, 0.15) is 34.2 Å². The molecule has 0 aliphatic heterocycles. The molecule has 7 heteroatoms. The van der Waals surface area contributed by atoms with Crippen LogP contribution < -0.4 is 5.56 Å². The molecule has 0 fully saturated rings. The van der Waals surface area contributed by atoms with Gasteiger partial charge in [-0.15, -0.1) is 11.3 Å². The monoisotopic (exact) mass is 422 g/mol. The lowest BCUT2D eigenvalue weighted by molar-refractivity contribution is 0.0959. The maximum absolute atomic E-state index is 12.8. The number of hydrogen-bond donors (Lipinski definition) is 1. The van der Waals surface area contributed by atoms with Crippen molar-refractivity contribution in [3.63, 3.8) is 0 Å². The quantitative estimate of drug-likeness (QED) is 0.484. The number of aromatic nitrogens is 2. The Morgan fingerprint density at radius 2 is 2.00 bits per heavy atom. The molecule has 0 saturated heterocycles. The van der Waals surface area contributed by atoms with E-state index in [2.05, 4.69) is 9.97 Å². The normalized spacial score (nSPS) is 16.0. The molecule has 4 aromatic rings. The number of thiazole rings is 1. The van der Waals surface area contributed by atoms with Gasteiger partial charge in [0.05, 0.1) is 17.5 Å². The zero-order valence-corrected chi connectivity index (χ0v) is 16.7. The van der Waals surface area contributed by atoms with Crippen LogP contribution in [-0.2, 0) is 6.42 Å². The fraction of sp³-hybridized carbons (Fsp3) is 0.136. The van der Waals surface area contributed by atoms with Crippen LogP contribution in [0.25, 0.3) is 21.8 Å². The minimum absolute atomic E-state index is 0.00299. The van der Waals surface area contributed by atoms with Crippen LogP contribution in [0.5, 0.6) is 0 Å². The number of pyridine rings is 1. The predicted molar refractivity (Wildman–Crippen MR) is 113 cm³/mol. The van der Waals surface area contributed by atoms with E-state index in [4.69, 9.17) is 16.0 Å². The zero-order chi connectivity index (χ0) is 20.0. The van der Waals surface area contributed by atoms with E-state index in [1.54, 1.807) is 24.5 Å². The standard InChI is InChI=1S/C22H15ClN2O3S/c23-14-4-1-3-12(7-14)18-11-29-22(25-18)16-10-15-17(24-21(16)27)8-13(9-19(15)26)20-5-2-6-28-20/h1-7,10-11,13H,8-9H2,(H,24,27). The summed E-state index contributed by atoms with van der Waals surface area (Å²) in [5.74, 6) is 0.706. The summed E-state index contributed by atoms with van der Waals surface area (Å²) in [5, 5.41) is 3.08. The van der Waals surface area contributed by atoms with Gasteiger partial charge in [-0.2, -0.15) is 0 Å². The lowest BCUT2D eigenvalue weighted by atomic mass is 9.84. The average molecular weight is 423 g/mol. The van der Waals surface area contributed by atoms with Crippen LogP contribution >= 0.6 is 22.9 Å². The van der Waals surface area contributed by atoms with E-state index < -0.39 is 0 Å². The number of aromatic amines is 1. The van der Waals surface area contributed by atoms with Crippen molar-refractivity contribution in [2.75, 3.05) is 0 Å². The number of benzene rings is 1. The third-order valence-electron chi connectivity index (χ3n) is 5.11. The molecule has 3 heterocycles. The first-order valence-electron chi connectivity index (χ1n) is 9.13. The Balaban J connectivity index is 1.51. The number of carbonyl (C=O) groups excluding carboxylic acids is 1. The van der Waals surface area contributed by atoms with Gasteiger partial charge in [0.2, 0.25) is 0 Å². The van der Waals surface area contributed by atoms with Crippen molar-refractivity contribution in [1.29, 1.82) is 0 Å². The van der Waals surface area contributed by atoms with Crippen molar-refractivity contribution in [1.82, 2.24) is 9.97 Å². The van der Waals surface area contributed by atoms with Gasteiger partial charge in [-0.25, -0.2) is 4.98 Å². The van der Waals surface area contributed by atoms with Gasteiger partial charge in [0, 0.05) is 39.6 Å². The molecule has 0 amide bonds. The molecular formula is C22H15ClN2O3S. The van der Waals surface area contributed by atoms with E-state index in [1.807, 2.05) is 29.6 Å². The molecule has 3 aromatic heterocycles. The summed E-state index contributed by atoms with van der Waals surface area (Å²) >= 11 is 7.43. The number of H-pyrrole nitrogens is 1. The molecule has 1 aliphatic rings. The Bertz CT molecular complexity index is 1270. The van der Waals surface area contributed by atoms with Crippen molar-refractivity contribution in [2.45, 2.75) is 18.8 Å². The minimum Gasteiger partial charge on any atom is -0.469 e. The Kier molecular flexibility index (Phi) is 4.45. The maximum Gasteiger partial charge on any atom is 0.258 e. The molecule has 0 saturated carbocycles. The summed E-state index contributed by atoms with van der Waals surface area (Å²) < 4.78 is 5.45. The minimum atomic E-state index is -0.247. The van der Waals surface area contributed by atoms with Gasteiger partial charge in [0.25, 0.3) is 5.56 Å². The van der Waals surface area contributed by atoms with Crippen molar-refractivity contribution >= 4 is 28.7 Å². The van der Waals surface area contributed by atoms with Crippen LogP contribution in [-0.4, -0.2) is 15.8 Å². The molecule has 144 valence electrons. The summed E-state index contributed by atoms with van der Waals surface area (Å²) in [6.07, 6.45) is 2.52. The van der Waals surface area contributed by atoms with E-state index in [0.717, 1.165) is 17.0 Å². The second kappa shape index (κ2) is 7.13. The molecule has 1 unspecified atom stereocenters. The first-order chi connectivity index (χ1) is 14.1. The molecule has 5 rings (SSSR count). The number of nitrogens with one attached hydrogen (secondary N) is 1. The number of ketones is 1. The molecule has 0 spiro atoms. The summed E-state index contributed by atoms with van der Waals surface area (Å²) in [6, 6.07) is 12.7. The number of rotatable bonds is 3. The van der Waals surface area contributed by atoms with E-state index in [9.17, 15) is 9.59 Å². The maximum atomic E-state index is 12.8. The van der Waals surface area contributed by atoms with Gasteiger partial charge in [0.1, 0.15) is 10.8 Å². The Morgan fingerprint density at radius 1 is 1.10 bits per heavy atom. The number of furan rings is 1. The second-order valence-electron chi connectivity index (χ2n) is 7.00. The highest BCUT2D eigenvalue weighted by Crippen LogP contribution is 2.34. The highest BCUT2D eigenvalue weighted by molar-refractivity contribution is 7.13. The van der Waals surface area contributed by atoms with E-state index >= 15 is 0 Å². The van der Waals surface area contributed by atoms with Gasteiger partial charge in [-0.05, 0) is 36.8 Å². The Morgan fingerprint density at radius 3 is 2.79 bits per heavy atom. The van der Waals surface area contributed by atoms with E-state index in [0.29, 0.717) is 39.7 Å². The van der Waals surface area contributed by atoms with Crippen LogP contribution in [0.2, 0.25) is 5.02 Å². The summed E-state index contributed by atoms with van der Waals surface area (Å²) in [4.78, 5) is 33.0. The largest absolute Gasteiger partial charge is 0.469 e. The summed E-state index contributed by atoms with van der Waals surface area (Å²) in [7, 11) is 0. The Hall–Kier alpha value is -2.96. The van der Waals surface area contributed by atoms with Crippen molar-refractivity contribution in [2.24, 2.45) is 0 Å². The van der Waals surface area contributed by atoms with Gasteiger partial charge in [-0.1, -0.05) is 23.7 Å². The molecular weight excluding hydrogens is 408 g/mol. The number of hydrogen-bond acceptors (Lipinski definition) is 5. The molecule has 0 bridgehead atoms. The molecule has 1 aliphatic carbocycles. The van der Waals surface area contributed by atoms with Gasteiger partial charge in [0.15, 0.2) is 5.78 Å². The number of fused-ring (bicyclic) bond motifs is 1. The van der Waals surface area contributed by atoms with Gasteiger partial charge < -0.3 is 9.40 Å². The fourth-order valence-electron chi connectivity index (χ4n) is 3.69. The van der Waals surface area contributed by atoms with Crippen molar-refractivity contribution in [3.8, 4) is 21.8 Å². The lowest BCUT2D eigenvalue weighted by Gasteiger charge is -2.22. The number of Topliss-reactive ketones (excluding diaryl/α,β-unsaturated/α-hetero) is 1. The van der Waals surface area contributed by atoms with Crippen molar-refractivity contribution in [3.05, 3.63) is 86.5 Å². The first kappa shape index (κ1) is 18.1. The third-order valence-corrected chi connectivity index (χ3v) is 6.22. The van der Waals surface area contributed by atoms with Crippen LogP contribution in [0.4, 0.5) is 0 Å². The second-order valence-corrected chi connectivity index (χ2v) is 8.29. The summed E-state index contributed by atoms with van der Waals surface area (Å²) in [5.41, 5.74) is 3.00. The van der Waals surface area contributed by atoms with Crippen molar-refractivity contribution < 1.29 is 9.21 Å². The van der Waals surface area contributed by atoms with Crippen LogP contribution in [0.3, 0.4) is 0 Å². The highest BCUT2D eigenvalue weighted by atomic mass is 35.5. The SMILES string of the molecule is O=C1CC(c2ccco2)Cc2[nH]c(=O)c(-c3nc(-c4cccc(Cl)c4)cs3)cc21. The average Bonchev–Trinajstić information content (AvgIpc) is 3.40. The number of halogens is 1. The molecule has 1 atom stereocenters. The fourth-order valence-corrected chi connectivity index (χ4v) is 4.72. The smallest absolute Gasteiger partial charge is 0.258 e. The molecule has 1 aromatic carbocycles. The highest BCUT2D eigenvalue weighted by Gasteiger charge is 2.29. The van der Waals surface area contributed by atoms with Crippen LogP contribution in [0.15, 0.2) is 63.3 Å². The predicted octanol–water partition coefficient (Wildman–Crippen LogP) is 5.32. The van der Waals surface area contributed by atoms with E-state index in [1.165, 1.54) is 11.3 Å². The topological polar surface area (TPSA) is 76.0 Å². The zero-order valence-electron chi connectivity index (χ0n) is 15.1. The number of nitrogens with zero attached hydrogens (tertiary/aromatic N) is 1. The first-order valence-corrected chi connectivity index (χ1v) is 10.4. The summed E-state index contributed by atoms with van der Waals surface area (Å²) in [6.45, 7) is 0. The Labute approximate surface area is 175 Å². The number of carbonyl (C=O) groups is 1. The molecule has 5 nitrogen and oxygen atoms in total. The molecule has 1 N–H and O–H groups in total.